The summed E-state index contributed by atoms with van der Waals surface area (Å²) in [5.74, 6) is 3.23. The van der Waals surface area contributed by atoms with Crippen molar-refractivity contribution >= 4 is 0 Å². The number of nitrogens with zero attached hydrogens (tertiary/aromatic N) is 2. The number of hydrogen-bond acceptors (Lipinski definition) is 6. The van der Waals surface area contributed by atoms with E-state index in [4.69, 9.17) is 18.7 Å². The molecule has 124 valence electrons. The van der Waals surface area contributed by atoms with Crippen LogP contribution in [-0.2, 0) is 6.61 Å². The van der Waals surface area contributed by atoms with Crippen LogP contribution in [0.15, 0.2) is 53.1 Å². The summed E-state index contributed by atoms with van der Waals surface area (Å²) in [4.78, 5) is 4.33. The highest BCUT2D eigenvalue weighted by Gasteiger charge is 2.09. The molecular formula is C18H18N2O4. The minimum atomic E-state index is 0.230. The van der Waals surface area contributed by atoms with E-state index in [1.54, 1.807) is 7.11 Å². The van der Waals surface area contributed by atoms with Gasteiger partial charge in [0.15, 0.2) is 6.61 Å². The number of hydrogen-bond donors (Lipinski definition) is 0. The average molecular weight is 326 g/mol. The van der Waals surface area contributed by atoms with Crippen molar-refractivity contribution in [1.29, 1.82) is 0 Å². The quantitative estimate of drug-likeness (QED) is 0.659. The third-order valence-electron chi connectivity index (χ3n) is 3.31. The smallest absolute Gasteiger partial charge is 0.258 e. The normalized spacial score (nSPS) is 10.4. The average Bonchev–Trinajstić information content (AvgIpc) is 3.10. The molecule has 0 spiro atoms. The number of benzene rings is 2. The third-order valence-corrected chi connectivity index (χ3v) is 3.31. The van der Waals surface area contributed by atoms with E-state index < -0.39 is 0 Å². The summed E-state index contributed by atoms with van der Waals surface area (Å²) < 4.78 is 21.4. The van der Waals surface area contributed by atoms with Crippen LogP contribution in [0.2, 0.25) is 0 Å². The number of aromatic nitrogens is 2. The van der Waals surface area contributed by atoms with Crippen molar-refractivity contribution in [3.63, 3.8) is 0 Å². The van der Waals surface area contributed by atoms with Crippen LogP contribution in [0.1, 0.15) is 12.7 Å². The van der Waals surface area contributed by atoms with Crippen LogP contribution in [0, 0.1) is 0 Å². The fourth-order valence-electron chi connectivity index (χ4n) is 2.11. The molecule has 0 bridgehead atoms. The fraction of sp³-hybridized carbons (Fsp3) is 0.222. The number of methoxy groups -OCH3 is 1. The molecule has 0 atom stereocenters. The Morgan fingerprint density at radius 2 is 1.50 bits per heavy atom. The maximum absolute atomic E-state index is 5.65. The monoisotopic (exact) mass is 326 g/mol. The van der Waals surface area contributed by atoms with Gasteiger partial charge in [0, 0.05) is 5.56 Å². The van der Waals surface area contributed by atoms with Gasteiger partial charge in [0.2, 0.25) is 5.82 Å². The Balaban J connectivity index is 1.61. The number of ether oxygens (including phenoxy) is 3. The summed E-state index contributed by atoms with van der Waals surface area (Å²) in [6.07, 6.45) is 0. The van der Waals surface area contributed by atoms with Crippen molar-refractivity contribution in [3.05, 3.63) is 54.4 Å². The first-order chi connectivity index (χ1) is 11.8. The Morgan fingerprint density at radius 3 is 2.12 bits per heavy atom. The van der Waals surface area contributed by atoms with Crippen molar-refractivity contribution < 1.29 is 18.7 Å². The van der Waals surface area contributed by atoms with Gasteiger partial charge in [0.1, 0.15) is 17.2 Å². The van der Waals surface area contributed by atoms with E-state index in [-0.39, 0.29) is 6.61 Å². The topological polar surface area (TPSA) is 66.6 Å². The van der Waals surface area contributed by atoms with Crippen molar-refractivity contribution in [2.45, 2.75) is 13.5 Å². The minimum absolute atomic E-state index is 0.230. The maximum atomic E-state index is 5.65. The van der Waals surface area contributed by atoms with Crippen LogP contribution < -0.4 is 14.2 Å². The SMILES string of the molecule is CCOc1ccc(OCc2noc(-c3ccc(OC)cc3)n2)cc1. The fourth-order valence-corrected chi connectivity index (χ4v) is 2.11. The standard InChI is InChI=1S/C18H18N2O4/c1-3-22-15-8-10-16(11-9-15)23-12-17-19-18(24-20-17)13-4-6-14(21-2)7-5-13/h4-11H,3,12H2,1-2H3. The lowest BCUT2D eigenvalue weighted by Gasteiger charge is -2.05. The van der Waals surface area contributed by atoms with Gasteiger partial charge in [-0.3, -0.25) is 0 Å². The van der Waals surface area contributed by atoms with Crippen molar-refractivity contribution in [1.82, 2.24) is 10.1 Å². The van der Waals surface area contributed by atoms with Crippen molar-refractivity contribution in [2.24, 2.45) is 0 Å². The van der Waals surface area contributed by atoms with E-state index in [9.17, 15) is 0 Å². The Bertz CT molecular complexity index is 766. The van der Waals surface area contributed by atoms with Crippen LogP contribution in [0.4, 0.5) is 0 Å². The van der Waals surface area contributed by atoms with Crippen LogP contribution >= 0.6 is 0 Å². The zero-order valence-electron chi connectivity index (χ0n) is 13.6. The van der Waals surface area contributed by atoms with Gasteiger partial charge in [-0.25, -0.2) is 0 Å². The largest absolute Gasteiger partial charge is 0.497 e. The molecule has 0 fully saturated rings. The predicted octanol–water partition coefficient (Wildman–Crippen LogP) is 3.72. The molecule has 6 heteroatoms. The van der Waals surface area contributed by atoms with Gasteiger partial charge >= 0.3 is 0 Å². The Labute approximate surface area is 140 Å². The highest BCUT2D eigenvalue weighted by molar-refractivity contribution is 5.54. The van der Waals surface area contributed by atoms with Crippen LogP contribution in [-0.4, -0.2) is 23.9 Å². The summed E-state index contributed by atoms with van der Waals surface area (Å²) >= 11 is 0. The van der Waals surface area contributed by atoms with Gasteiger partial charge in [-0.15, -0.1) is 0 Å². The molecule has 0 unspecified atom stereocenters. The van der Waals surface area contributed by atoms with Gasteiger partial charge in [0.25, 0.3) is 5.89 Å². The highest BCUT2D eigenvalue weighted by atomic mass is 16.5. The van der Waals surface area contributed by atoms with E-state index in [1.807, 2.05) is 55.5 Å². The molecule has 2 aromatic carbocycles. The molecule has 0 aliphatic rings. The van der Waals surface area contributed by atoms with E-state index in [2.05, 4.69) is 10.1 Å². The molecule has 0 aliphatic carbocycles. The van der Waals surface area contributed by atoms with Crippen LogP contribution in [0.3, 0.4) is 0 Å². The molecule has 0 radical (unpaired) electrons. The molecule has 0 amide bonds. The Hall–Kier alpha value is -3.02. The molecule has 1 aromatic heterocycles. The lowest BCUT2D eigenvalue weighted by molar-refractivity contribution is 0.286. The zero-order chi connectivity index (χ0) is 16.8. The van der Waals surface area contributed by atoms with E-state index >= 15 is 0 Å². The second-order valence-corrected chi connectivity index (χ2v) is 4.94. The molecule has 0 saturated heterocycles. The van der Waals surface area contributed by atoms with Crippen LogP contribution in [0.25, 0.3) is 11.5 Å². The van der Waals surface area contributed by atoms with Gasteiger partial charge in [-0.1, -0.05) is 5.16 Å². The van der Waals surface area contributed by atoms with Gasteiger partial charge in [-0.05, 0) is 55.5 Å². The zero-order valence-corrected chi connectivity index (χ0v) is 13.6. The molecule has 3 rings (SSSR count). The second-order valence-electron chi connectivity index (χ2n) is 4.94. The molecule has 6 nitrogen and oxygen atoms in total. The van der Waals surface area contributed by atoms with E-state index in [0.29, 0.717) is 24.1 Å². The van der Waals surface area contributed by atoms with Gasteiger partial charge < -0.3 is 18.7 Å². The molecule has 1 heterocycles. The first kappa shape index (κ1) is 15.9. The molecule has 0 aliphatic heterocycles. The van der Waals surface area contributed by atoms with E-state index in [0.717, 1.165) is 17.1 Å². The summed E-state index contributed by atoms with van der Waals surface area (Å²) in [6, 6.07) is 14.8. The van der Waals surface area contributed by atoms with Gasteiger partial charge in [0.05, 0.1) is 13.7 Å². The Morgan fingerprint density at radius 1 is 0.875 bits per heavy atom. The Kier molecular flexibility index (Phi) is 4.96. The number of rotatable bonds is 7. The van der Waals surface area contributed by atoms with Crippen molar-refractivity contribution in [3.8, 4) is 28.7 Å². The maximum Gasteiger partial charge on any atom is 0.258 e. The molecular weight excluding hydrogens is 308 g/mol. The minimum Gasteiger partial charge on any atom is -0.497 e. The molecule has 3 aromatic rings. The van der Waals surface area contributed by atoms with Gasteiger partial charge in [-0.2, -0.15) is 4.98 Å². The van der Waals surface area contributed by atoms with Crippen molar-refractivity contribution in [2.75, 3.05) is 13.7 Å². The third kappa shape index (κ3) is 3.84. The first-order valence-corrected chi connectivity index (χ1v) is 7.61. The lowest BCUT2D eigenvalue weighted by atomic mass is 10.2. The molecule has 0 N–H and O–H groups in total. The molecule has 24 heavy (non-hydrogen) atoms. The summed E-state index contributed by atoms with van der Waals surface area (Å²) in [5.41, 5.74) is 0.829. The van der Waals surface area contributed by atoms with E-state index in [1.165, 1.54) is 0 Å². The lowest BCUT2D eigenvalue weighted by Crippen LogP contribution is -1.98. The molecule has 0 saturated carbocycles. The van der Waals surface area contributed by atoms with Crippen LogP contribution in [0.5, 0.6) is 17.2 Å². The second kappa shape index (κ2) is 7.50. The summed E-state index contributed by atoms with van der Waals surface area (Å²) in [7, 11) is 1.62. The predicted molar refractivity (Wildman–Crippen MR) is 88.2 cm³/mol. The summed E-state index contributed by atoms with van der Waals surface area (Å²) in [5, 5.41) is 3.93. The summed E-state index contributed by atoms with van der Waals surface area (Å²) in [6.45, 7) is 2.81. The first-order valence-electron chi connectivity index (χ1n) is 7.61. The highest BCUT2D eigenvalue weighted by Crippen LogP contribution is 2.22.